The van der Waals surface area contributed by atoms with Gasteiger partial charge in [-0.25, -0.2) is 13.5 Å². The van der Waals surface area contributed by atoms with Gasteiger partial charge in [-0.15, -0.1) is 5.10 Å². The Kier molecular flexibility index (Phi) is 4.39. The summed E-state index contributed by atoms with van der Waals surface area (Å²) in [6.07, 6.45) is 0. The van der Waals surface area contributed by atoms with Gasteiger partial charge in [-0.3, -0.25) is 0 Å². The van der Waals surface area contributed by atoms with Crippen LogP contribution in [0.15, 0.2) is 18.2 Å². The van der Waals surface area contributed by atoms with Gasteiger partial charge in [-0.1, -0.05) is 6.07 Å². The molecular weight excluding hydrogens is 264 g/mol. The van der Waals surface area contributed by atoms with Gasteiger partial charge in [0, 0.05) is 6.04 Å². The Balaban J connectivity index is 2.03. The lowest BCUT2D eigenvalue weighted by molar-refractivity contribution is 0.465. The van der Waals surface area contributed by atoms with Gasteiger partial charge in [0.15, 0.2) is 17.5 Å². The molecule has 2 aromatic rings. The molecule has 0 amide bonds. The fourth-order valence-electron chi connectivity index (χ4n) is 1.87. The number of benzene rings is 1. The first kappa shape index (κ1) is 14.5. The Hall–Kier alpha value is -1.89. The predicted molar refractivity (Wildman–Crippen MR) is 69.8 cm³/mol. The molecule has 0 radical (unpaired) electrons. The number of nitrogens with zero attached hydrogens (tertiary/aromatic N) is 4. The second-order valence-electron chi connectivity index (χ2n) is 4.91. The van der Waals surface area contributed by atoms with E-state index < -0.39 is 11.6 Å². The summed E-state index contributed by atoms with van der Waals surface area (Å²) >= 11 is 0. The maximum Gasteiger partial charge on any atom is 0.165 e. The Morgan fingerprint density at radius 2 is 1.95 bits per heavy atom. The van der Waals surface area contributed by atoms with Crippen LogP contribution in [0.4, 0.5) is 8.78 Å². The first-order chi connectivity index (χ1) is 9.49. The second-order valence-corrected chi connectivity index (χ2v) is 4.91. The molecule has 0 spiro atoms. The highest BCUT2D eigenvalue weighted by molar-refractivity contribution is 5.20. The fourth-order valence-corrected chi connectivity index (χ4v) is 1.87. The van der Waals surface area contributed by atoms with E-state index in [2.05, 4.69) is 20.8 Å². The molecule has 20 heavy (non-hydrogen) atoms. The topological polar surface area (TPSA) is 55.6 Å². The zero-order valence-electron chi connectivity index (χ0n) is 11.6. The molecule has 1 N–H and O–H groups in total. The van der Waals surface area contributed by atoms with Crippen LogP contribution in [0.3, 0.4) is 0 Å². The molecule has 0 saturated carbocycles. The van der Waals surface area contributed by atoms with Crippen LogP contribution in [0.25, 0.3) is 0 Å². The molecule has 0 fully saturated rings. The van der Waals surface area contributed by atoms with E-state index in [4.69, 9.17) is 0 Å². The first-order valence-corrected chi connectivity index (χ1v) is 6.44. The minimum Gasteiger partial charge on any atom is -0.303 e. The first-order valence-electron chi connectivity index (χ1n) is 6.44. The molecule has 0 aliphatic rings. The third kappa shape index (κ3) is 3.16. The van der Waals surface area contributed by atoms with Gasteiger partial charge in [-0.05, 0) is 48.9 Å². The Morgan fingerprint density at radius 3 is 2.60 bits per heavy atom. The molecule has 2 rings (SSSR count). The minimum atomic E-state index is -0.844. The molecule has 0 aliphatic carbocycles. The number of hydrogen-bond acceptors (Lipinski definition) is 4. The van der Waals surface area contributed by atoms with Crippen LogP contribution in [0.1, 0.15) is 44.2 Å². The third-order valence-corrected chi connectivity index (χ3v) is 3.06. The third-order valence-electron chi connectivity index (χ3n) is 3.06. The van der Waals surface area contributed by atoms with Crippen LogP contribution in [0.2, 0.25) is 0 Å². The summed E-state index contributed by atoms with van der Waals surface area (Å²) in [5, 5.41) is 14.7. The summed E-state index contributed by atoms with van der Waals surface area (Å²) < 4.78 is 27.8. The van der Waals surface area contributed by atoms with E-state index in [1.54, 1.807) is 10.7 Å². The lowest BCUT2D eigenvalue weighted by Gasteiger charge is -2.15. The molecule has 1 aromatic carbocycles. The molecule has 1 heterocycles. The van der Waals surface area contributed by atoms with Crippen molar-refractivity contribution in [2.75, 3.05) is 0 Å². The SMILES string of the molecule is CC(NCc1nnnn1C(C)C)c1ccc(F)c(F)c1. The summed E-state index contributed by atoms with van der Waals surface area (Å²) in [6, 6.07) is 3.91. The molecule has 1 atom stereocenters. The van der Waals surface area contributed by atoms with Gasteiger partial charge in [0.2, 0.25) is 0 Å². The number of nitrogens with one attached hydrogen (secondary N) is 1. The van der Waals surface area contributed by atoms with E-state index in [0.717, 1.165) is 6.07 Å². The number of aromatic nitrogens is 4. The molecule has 5 nitrogen and oxygen atoms in total. The van der Waals surface area contributed by atoms with Crippen LogP contribution in [0, 0.1) is 11.6 Å². The molecule has 0 bridgehead atoms. The Labute approximate surface area is 116 Å². The zero-order chi connectivity index (χ0) is 14.7. The van der Waals surface area contributed by atoms with Crippen LogP contribution >= 0.6 is 0 Å². The lowest BCUT2D eigenvalue weighted by Crippen LogP contribution is -2.22. The van der Waals surface area contributed by atoms with Gasteiger partial charge in [0.25, 0.3) is 0 Å². The molecule has 7 heteroatoms. The quantitative estimate of drug-likeness (QED) is 0.914. The Morgan fingerprint density at radius 1 is 1.20 bits per heavy atom. The molecule has 1 unspecified atom stereocenters. The second kappa shape index (κ2) is 6.04. The minimum absolute atomic E-state index is 0.137. The van der Waals surface area contributed by atoms with E-state index in [0.29, 0.717) is 17.9 Å². The average molecular weight is 281 g/mol. The van der Waals surface area contributed by atoms with E-state index in [-0.39, 0.29) is 12.1 Å². The monoisotopic (exact) mass is 281 g/mol. The van der Waals surface area contributed by atoms with Crippen molar-refractivity contribution in [3.8, 4) is 0 Å². The summed E-state index contributed by atoms with van der Waals surface area (Å²) in [6.45, 7) is 6.29. The number of tetrazole rings is 1. The van der Waals surface area contributed by atoms with Crippen LogP contribution in [0.5, 0.6) is 0 Å². The Bertz CT molecular complexity index is 582. The lowest BCUT2D eigenvalue weighted by atomic mass is 10.1. The largest absolute Gasteiger partial charge is 0.303 e. The number of rotatable bonds is 5. The van der Waals surface area contributed by atoms with Gasteiger partial charge in [-0.2, -0.15) is 0 Å². The van der Waals surface area contributed by atoms with Crippen molar-refractivity contribution in [1.29, 1.82) is 0 Å². The molecule has 1 aromatic heterocycles. The van der Waals surface area contributed by atoms with Crippen molar-refractivity contribution < 1.29 is 8.78 Å². The van der Waals surface area contributed by atoms with Gasteiger partial charge in [0.1, 0.15) is 0 Å². The van der Waals surface area contributed by atoms with Crippen molar-refractivity contribution in [3.05, 3.63) is 41.2 Å². The molecule has 108 valence electrons. The van der Waals surface area contributed by atoms with Crippen LogP contribution < -0.4 is 5.32 Å². The van der Waals surface area contributed by atoms with Crippen molar-refractivity contribution in [2.24, 2.45) is 0 Å². The van der Waals surface area contributed by atoms with E-state index in [1.807, 2.05) is 20.8 Å². The van der Waals surface area contributed by atoms with Gasteiger partial charge < -0.3 is 5.32 Å². The highest BCUT2D eigenvalue weighted by atomic mass is 19.2. The van der Waals surface area contributed by atoms with Gasteiger partial charge in [0.05, 0.1) is 12.6 Å². The van der Waals surface area contributed by atoms with Crippen molar-refractivity contribution in [2.45, 2.75) is 39.4 Å². The highest BCUT2D eigenvalue weighted by Gasteiger charge is 2.12. The van der Waals surface area contributed by atoms with Crippen molar-refractivity contribution in [1.82, 2.24) is 25.5 Å². The van der Waals surface area contributed by atoms with Crippen LogP contribution in [-0.2, 0) is 6.54 Å². The van der Waals surface area contributed by atoms with Crippen molar-refractivity contribution in [3.63, 3.8) is 0 Å². The standard InChI is InChI=1S/C13H17F2N5/c1-8(2)20-13(17-18-19-20)7-16-9(3)10-4-5-11(14)12(15)6-10/h4-6,8-9,16H,7H2,1-3H3. The summed E-state index contributed by atoms with van der Waals surface area (Å²) in [5.74, 6) is -0.984. The average Bonchev–Trinajstić information content (AvgIpc) is 2.87. The summed E-state index contributed by atoms with van der Waals surface area (Å²) in [4.78, 5) is 0. The number of halogens is 2. The normalized spacial score (nSPS) is 12.9. The molecule has 0 aliphatic heterocycles. The highest BCUT2D eigenvalue weighted by Crippen LogP contribution is 2.16. The van der Waals surface area contributed by atoms with E-state index in [1.165, 1.54) is 6.07 Å². The molecule has 0 saturated heterocycles. The summed E-state index contributed by atoms with van der Waals surface area (Å²) in [7, 11) is 0. The summed E-state index contributed by atoms with van der Waals surface area (Å²) in [5.41, 5.74) is 0.674. The fraction of sp³-hybridized carbons (Fsp3) is 0.462. The van der Waals surface area contributed by atoms with Gasteiger partial charge >= 0.3 is 0 Å². The molecular formula is C13H17F2N5. The van der Waals surface area contributed by atoms with Crippen molar-refractivity contribution >= 4 is 0 Å². The van der Waals surface area contributed by atoms with Crippen LogP contribution in [-0.4, -0.2) is 20.2 Å². The zero-order valence-corrected chi connectivity index (χ0v) is 11.6. The maximum atomic E-state index is 13.2. The smallest absolute Gasteiger partial charge is 0.165 e. The predicted octanol–water partition coefficient (Wildman–Crippen LogP) is 2.38. The number of hydrogen-bond donors (Lipinski definition) is 1. The van der Waals surface area contributed by atoms with E-state index >= 15 is 0 Å². The van der Waals surface area contributed by atoms with E-state index in [9.17, 15) is 8.78 Å². The maximum absolute atomic E-state index is 13.2.